The van der Waals surface area contributed by atoms with Gasteiger partial charge >= 0.3 is 0 Å². The molecule has 0 radical (unpaired) electrons. The molecule has 1 aliphatic heterocycles. The highest BCUT2D eigenvalue weighted by Crippen LogP contribution is 2.21. The van der Waals surface area contributed by atoms with Gasteiger partial charge in [-0.15, -0.1) is 0 Å². The predicted octanol–water partition coefficient (Wildman–Crippen LogP) is 3.89. The molecule has 2 aromatic rings. The molecule has 0 atom stereocenters. The number of benzene rings is 2. The molecular formula is C23H26F2N2O3. The molecule has 0 aromatic heterocycles. The van der Waals surface area contributed by atoms with Crippen molar-refractivity contribution in [3.8, 4) is 5.75 Å². The third-order valence-corrected chi connectivity index (χ3v) is 5.24. The molecule has 0 spiro atoms. The fourth-order valence-corrected chi connectivity index (χ4v) is 3.71. The Kier molecular flexibility index (Phi) is 7.38. The van der Waals surface area contributed by atoms with Crippen molar-refractivity contribution >= 4 is 11.8 Å². The molecule has 160 valence electrons. The van der Waals surface area contributed by atoms with E-state index in [2.05, 4.69) is 0 Å². The van der Waals surface area contributed by atoms with E-state index in [1.54, 1.807) is 17.0 Å². The molecule has 0 unspecified atom stereocenters. The summed E-state index contributed by atoms with van der Waals surface area (Å²) in [6, 6.07) is 12.1. The number of nitrogens with zero attached hydrogens (tertiary/aromatic N) is 2. The second kappa shape index (κ2) is 10.2. The first-order valence-electron chi connectivity index (χ1n) is 10.2. The maximum atomic E-state index is 13.7. The summed E-state index contributed by atoms with van der Waals surface area (Å²) < 4.78 is 32.0. The number of amides is 2. The van der Waals surface area contributed by atoms with Crippen LogP contribution in [0.5, 0.6) is 5.75 Å². The molecule has 1 fully saturated rings. The number of rotatable bonds is 7. The lowest BCUT2D eigenvalue weighted by atomic mass is 10.0. The van der Waals surface area contributed by atoms with Crippen LogP contribution < -0.4 is 4.74 Å². The third-order valence-electron chi connectivity index (χ3n) is 5.24. The average Bonchev–Trinajstić information content (AvgIpc) is 2.77. The molecular weight excluding hydrogens is 390 g/mol. The third kappa shape index (κ3) is 5.34. The van der Waals surface area contributed by atoms with Crippen molar-refractivity contribution in [1.82, 2.24) is 9.80 Å². The smallest absolute Gasteiger partial charge is 0.260 e. The summed E-state index contributed by atoms with van der Waals surface area (Å²) >= 11 is 0. The second-order valence-corrected chi connectivity index (χ2v) is 7.34. The molecule has 1 saturated heterocycles. The second-order valence-electron chi connectivity index (χ2n) is 7.34. The number of carbonyl (C=O) groups is 2. The van der Waals surface area contributed by atoms with Crippen molar-refractivity contribution in [3.05, 3.63) is 65.7 Å². The van der Waals surface area contributed by atoms with E-state index < -0.39 is 11.6 Å². The quantitative estimate of drug-likeness (QED) is 0.688. The molecule has 0 N–H and O–H groups in total. The van der Waals surface area contributed by atoms with Gasteiger partial charge in [-0.05, 0) is 43.5 Å². The minimum atomic E-state index is -0.836. The van der Waals surface area contributed by atoms with Crippen molar-refractivity contribution < 1.29 is 23.1 Å². The van der Waals surface area contributed by atoms with Gasteiger partial charge in [-0.3, -0.25) is 9.59 Å². The van der Waals surface area contributed by atoms with Crippen molar-refractivity contribution in [2.45, 2.75) is 32.2 Å². The number of piperidine rings is 1. The van der Waals surface area contributed by atoms with Gasteiger partial charge in [-0.1, -0.05) is 25.1 Å². The lowest BCUT2D eigenvalue weighted by molar-refractivity contribution is -0.136. The Labute approximate surface area is 175 Å². The van der Waals surface area contributed by atoms with Gasteiger partial charge in [0.2, 0.25) is 0 Å². The van der Waals surface area contributed by atoms with Crippen LogP contribution in [0.1, 0.15) is 36.5 Å². The first-order valence-corrected chi connectivity index (χ1v) is 10.2. The fourth-order valence-electron chi connectivity index (χ4n) is 3.71. The Morgan fingerprint density at radius 2 is 1.80 bits per heavy atom. The Bertz CT molecular complexity index is 868. The molecule has 1 heterocycles. The summed E-state index contributed by atoms with van der Waals surface area (Å²) in [5, 5.41) is 0. The van der Waals surface area contributed by atoms with Crippen LogP contribution in [-0.4, -0.2) is 53.9 Å². The van der Waals surface area contributed by atoms with Gasteiger partial charge in [0.15, 0.2) is 18.2 Å². The number of likely N-dealkylation sites (tertiary alicyclic amines) is 1. The lowest BCUT2D eigenvalue weighted by Gasteiger charge is -2.38. The standard InChI is InChI=1S/C23H26F2N2O3/c1-2-12-27(22(28)16-30-21-9-8-18(24)15-20(21)25)19-10-13-26(14-11-19)23(29)17-6-4-3-5-7-17/h3-9,15,19H,2,10-14,16H2,1H3. The number of hydrogen-bond donors (Lipinski definition) is 0. The Morgan fingerprint density at radius 1 is 1.10 bits per heavy atom. The van der Waals surface area contributed by atoms with Crippen LogP contribution in [0.4, 0.5) is 8.78 Å². The monoisotopic (exact) mass is 416 g/mol. The SMILES string of the molecule is CCCN(C(=O)COc1ccc(F)cc1F)C1CCN(C(=O)c2ccccc2)CC1. The molecule has 2 amide bonds. The van der Waals surface area contributed by atoms with Crippen LogP contribution in [0.3, 0.4) is 0 Å². The number of halogens is 2. The van der Waals surface area contributed by atoms with E-state index in [-0.39, 0.29) is 30.2 Å². The van der Waals surface area contributed by atoms with Gasteiger partial charge in [0.05, 0.1) is 0 Å². The van der Waals surface area contributed by atoms with Crippen LogP contribution in [0.25, 0.3) is 0 Å². The minimum absolute atomic E-state index is 0.000983. The van der Waals surface area contributed by atoms with Gasteiger partial charge in [-0.2, -0.15) is 0 Å². The minimum Gasteiger partial charge on any atom is -0.481 e. The lowest BCUT2D eigenvalue weighted by Crippen LogP contribution is -2.50. The van der Waals surface area contributed by atoms with Crippen molar-refractivity contribution in [3.63, 3.8) is 0 Å². The molecule has 0 saturated carbocycles. The normalized spacial score (nSPS) is 14.4. The summed E-state index contributed by atoms with van der Waals surface area (Å²) in [6.07, 6.45) is 2.13. The largest absolute Gasteiger partial charge is 0.481 e. The first-order chi connectivity index (χ1) is 14.5. The average molecular weight is 416 g/mol. The van der Waals surface area contributed by atoms with E-state index in [9.17, 15) is 18.4 Å². The summed E-state index contributed by atoms with van der Waals surface area (Å²) in [4.78, 5) is 28.9. The summed E-state index contributed by atoms with van der Waals surface area (Å²) in [5.74, 6) is -1.93. The highest BCUT2D eigenvalue weighted by molar-refractivity contribution is 5.94. The predicted molar refractivity (Wildman–Crippen MR) is 109 cm³/mol. The molecule has 7 heteroatoms. The van der Waals surface area contributed by atoms with Gasteiger partial charge in [0.1, 0.15) is 5.82 Å². The van der Waals surface area contributed by atoms with E-state index in [4.69, 9.17) is 4.74 Å². The van der Waals surface area contributed by atoms with Gasteiger partial charge in [0.25, 0.3) is 11.8 Å². The fraction of sp³-hybridized carbons (Fsp3) is 0.391. The summed E-state index contributed by atoms with van der Waals surface area (Å²) in [5.41, 5.74) is 0.659. The molecule has 2 aromatic carbocycles. The molecule has 30 heavy (non-hydrogen) atoms. The first kappa shape index (κ1) is 21.7. The van der Waals surface area contributed by atoms with Gasteiger partial charge in [-0.25, -0.2) is 8.78 Å². The van der Waals surface area contributed by atoms with E-state index >= 15 is 0 Å². The van der Waals surface area contributed by atoms with E-state index in [0.29, 0.717) is 38.0 Å². The Morgan fingerprint density at radius 3 is 2.43 bits per heavy atom. The Hall–Kier alpha value is -2.96. The van der Waals surface area contributed by atoms with Crippen molar-refractivity contribution in [1.29, 1.82) is 0 Å². The number of carbonyl (C=O) groups excluding carboxylic acids is 2. The zero-order valence-electron chi connectivity index (χ0n) is 17.0. The molecule has 3 rings (SSSR count). The zero-order chi connectivity index (χ0) is 21.5. The number of ether oxygens (including phenoxy) is 1. The molecule has 1 aliphatic rings. The molecule has 0 bridgehead atoms. The van der Waals surface area contributed by atoms with Gasteiger partial charge < -0.3 is 14.5 Å². The highest BCUT2D eigenvalue weighted by atomic mass is 19.1. The Balaban J connectivity index is 1.57. The summed E-state index contributed by atoms with van der Waals surface area (Å²) in [6.45, 7) is 3.37. The highest BCUT2D eigenvalue weighted by Gasteiger charge is 2.29. The zero-order valence-corrected chi connectivity index (χ0v) is 17.0. The molecule has 0 aliphatic carbocycles. The van der Waals surface area contributed by atoms with E-state index in [1.807, 2.05) is 30.0 Å². The summed E-state index contributed by atoms with van der Waals surface area (Å²) in [7, 11) is 0. The maximum absolute atomic E-state index is 13.7. The van der Waals surface area contributed by atoms with Crippen molar-refractivity contribution in [2.75, 3.05) is 26.2 Å². The number of hydrogen-bond acceptors (Lipinski definition) is 3. The topological polar surface area (TPSA) is 49.9 Å². The van der Waals surface area contributed by atoms with Crippen LogP contribution in [0.15, 0.2) is 48.5 Å². The van der Waals surface area contributed by atoms with Crippen LogP contribution in [-0.2, 0) is 4.79 Å². The van der Waals surface area contributed by atoms with Gasteiger partial charge in [0, 0.05) is 37.3 Å². The van der Waals surface area contributed by atoms with E-state index in [0.717, 1.165) is 18.6 Å². The maximum Gasteiger partial charge on any atom is 0.260 e. The molecule has 5 nitrogen and oxygen atoms in total. The van der Waals surface area contributed by atoms with E-state index in [1.165, 1.54) is 6.07 Å². The van der Waals surface area contributed by atoms with Crippen LogP contribution in [0, 0.1) is 11.6 Å². The van der Waals surface area contributed by atoms with Crippen molar-refractivity contribution in [2.24, 2.45) is 0 Å². The van der Waals surface area contributed by atoms with Crippen LogP contribution >= 0.6 is 0 Å². The van der Waals surface area contributed by atoms with Crippen LogP contribution in [0.2, 0.25) is 0 Å².